The second-order valence-electron chi connectivity index (χ2n) is 5.16. The number of H-pyrrole nitrogens is 1. The highest BCUT2D eigenvalue weighted by Gasteiger charge is 2.16. The molecule has 3 aromatic rings. The lowest BCUT2D eigenvalue weighted by molar-refractivity contribution is 0.0463. The van der Waals surface area contributed by atoms with Crippen LogP contribution in [0, 0.1) is 6.92 Å². The van der Waals surface area contributed by atoms with Crippen LogP contribution in [0.3, 0.4) is 0 Å². The molecule has 1 N–H and O–H groups in total. The lowest BCUT2D eigenvalue weighted by Crippen LogP contribution is -2.15. The molecule has 0 aliphatic heterocycles. The fourth-order valence-electron chi connectivity index (χ4n) is 2.32. The molecule has 0 saturated heterocycles. The number of esters is 1. The monoisotopic (exact) mass is 362 g/mol. The number of para-hydroxylation sites is 1. The predicted octanol–water partition coefficient (Wildman–Crippen LogP) is 3.90. The van der Waals surface area contributed by atoms with Crippen LogP contribution in [0.25, 0.3) is 10.9 Å². The van der Waals surface area contributed by atoms with Gasteiger partial charge in [0.25, 0.3) is 5.56 Å². The van der Waals surface area contributed by atoms with Crippen LogP contribution in [0.5, 0.6) is 0 Å². The number of fused-ring (bicyclic) bond motifs is 1. The zero-order valence-electron chi connectivity index (χ0n) is 12.6. The van der Waals surface area contributed by atoms with Crippen molar-refractivity contribution >= 4 is 40.1 Å². The van der Waals surface area contributed by atoms with E-state index in [0.29, 0.717) is 10.9 Å². The number of aryl methyl sites for hydroxylation is 1. The number of nitrogens with zero attached hydrogens (tertiary/aromatic N) is 1. The first-order valence-electron chi connectivity index (χ1n) is 7.07. The van der Waals surface area contributed by atoms with Gasteiger partial charge in [0.05, 0.1) is 26.5 Å². The number of hydrogen-bond donors (Lipinski definition) is 1. The van der Waals surface area contributed by atoms with Gasteiger partial charge in [0.2, 0.25) is 0 Å². The average molecular weight is 363 g/mol. The summed E-state index contributed by atoms with van der Waals surface area (Å²) >= 11 is 11.9. The van der Waals surface area contributed by atoms with Gasteiger partial charge < -0.3 is 9.72 Å². The molecule has 0 aliphatic rings. The number of nitrogens with one attached hydrogen (secondary N) is 1. The summed E-state index contributed by atoms with van der Waals surface area (Å²) in [4.78, 5) is 31.2. The Bertz CT molecular complexity index is 979. The summed E-state index contributed by atoms with van der Waals surface area (Å²) in [6.07, 6.45) is 0. The smallest absolute Gasteiger partial charge is 0.341 e. The van der Waals surface area contributed by atoms with Gasteiger partial charge in [-0.05, 0) is 30.7 Å². The number of rotatable bonds is 3. The van der Waals surface area contributed by atoms with E-state index in [0.717, 1.165) is 5.56 Å². The Labute approximate surface area is 147 Å². The normalized spacial score (nSPS) is 10.8. The Hall–Kier alpha value is -2.37. The maximum atomic E-state index is 12.2. The van der Waals surface area contributed by atoms with Gasteiger partial charge in [0.15, 0.2) is 0 Å². The number of benzene rings is 2. The van der Waals surface area contributed by atoms with Crippen LogP contribution in [0.1, 0.15) is 21.7 Å². The van der Waals surface area contributed by atoms with Gasteiger partial charge in [-0.1, -0.05) is 41.4 Å². The molecule has 0 unspecified atom stereocenters. The molecule has 5 nitrogen and oxygen atoms in total. The molecule has 1 heterocycles. The first-order chi connectivity index (χ1) is 11.5. The van der Waals surface area contributed by atoms with Crippen molar-refractivity contribution in [3.8, 4) is 0 Å². The van der Waals surface area contributed by atoms with E-state index in [-0.39, 0.29) is 33.6 Å². The molecule has 0 fully saturated rings. The largest absolute Gasteiger partial charge is 0.454 e. The number of halogens is 2. The summed E-state index contributed by atoms with van der Waals surface area (Å²) in [5.74, 6) is -0.434. The second kappa shape index (κ2) is 6.63. The maximum Gasteiger partial charge on any atom is 0.341 e. The lowest BCUT2D eigenvalue weighted by Gasteiger charge is -2.08. The Morgan fingerprint density at radius 2 is 1.83 bits per heavy atom. The van der Waals surface area contributed by atoms with Crippen LogP contribution in [-0.4, -0.2) is 15.9 Å². The molecule has 7 heteroatoms. The number of ether oxygens (including phenoxy) is 1. The molecule has 0 radical (unpaired) electrons. The summed E-state index contributed by atoms with van der Waals surface area (Å²) in [6, 6.07) is 10.1. The van der Waals surface area contributed by atoms with E-state index < -0.39 is 5.97 Å². The molecule has 24 heavy (non-hydrogen) atoms. The summed E-state index contributed by atoms with van der Waals surface area (Å²) in [7, 11) is 0. The lowest BCUT2D eigenvalue weighted by atomic mass is 10.1. The van der Waals surface area contributed by atoms with E-state index in [4.69, 9.17) is 27.9 Å². The Balaban J connectivity index is 1.87. The van der Waals surface area contributed by atoms with Crippen molar-refractivity contribution in [1.82, 2.24) is 9.97 Å². The first kappa shape index (κ1) is 16.5. The van der Waals surface area contributed by atoms with Crippen molar-refractivity contribution in [2.45, 2.75) is 13.5 Å². The van der Waals surface area contributed by atoms with Crippen LogP contribution < -0.4 is 5.56 Å². The van der Waals surface area contributed by atoms with Crippen LogP contribution in [0.4, 0.5) is 0 Å². The van der Waals surface area contributed by atoms with Gasteiger partial charge >= 0.3 is 5.97 Å². The zero-order chi connectivity index (χ0) is 17.3. The van der Waals surface area contributed by atoms with Gasteiger partial charge in [-0.15, -0.1) is 0 Å². The van der Waals surface area contributed by atoms with Gasteiger partial charge in [0.1, 0.15) is 12.4 Å². The molecule has 2 aromatic carbocycles. The number of hydrogen-bond acceptors (Lipinski definition) is 4. The van der Waals surface area contributed by atoms with Crippen molar-refractivity contribution in [3.05, 3.63) is 73.7 Å². The number of carbonyl (C=O) groups excluding carboxylic acids is 1. The van der Waals surface area contributed by atoms with Crippen LogP contribution in [0.15, 0.2) is 41.2 Å². The molecule has 0 atom stereocenters. The topological polar surface area (TPSA) is 72.1 Å². The Morgan fingerprint density at radius 3 is 2.54 bits per heavy atom. The third-order valence-corrected chi connectivity index (χ3v) is 4.12. The Kier molecular flexibility index (Phi) is 4.55. The summed E-state index contributed by atoms with van der Waals surface area (Å²) in [5.41, 5.74) is 1.23. The highest BCUT2D eigenvalue weighted by molar-refractivity contribution is 6.39. The van der Waals surface area contributed by atoms with E-state index in [2.05, 4.69) is 9.97 Å². The minimum Gasteiger partial charge on any atom is -0.454 e. The fourth-order valence-corrected chi connectivity index (χ4v) is 2.87. The number of aromatic nitrogens is 2. The van der Waals surface area contributed by atoms with E-state index in [1.54, 1.807) is 30.3 Å². The van der Waals surface area contributed by atoms with Crippen molar-refractivity contribution in [2.24, 2.45) is 0 Å². The van der Waals surface area contributed by atoms with Gasteiger partial charge in [-0.3, -0.25) is 4.79 Å². The van der Waals surface area contributed by atoms with Gasteiger partial charge in [0, 0.05) is 0 Å². The highest BCUT2D eigenvalue weighted by Crippen LogP contribution is 2.25. The molecular formula is C17H12Cl2N2O3. The fraction of sp³-hybridized carbons (Fsp3) is 0.118. The quantitative estimate of drug-likeness (QED) is 0.717. The third-order valence-electron chi connectivity index (χ3n) is 3.49. The highest BCUT2D eigenvalue weighted by atomic mass is 35.5. The Morgan fingerprint density at radius 1 is 1.17 bits per heavy atom. The van der Waals surface area contributed by atoms with Crippen LogP contribution >= 0.6 is 23.2 Å². The van der Waals surface area contributed by atoms with Crippen molar-refractivity contribution in [2.75, 3.05) is 0 Å². The third kappa shape index (κ3) is 3.13. The summed E-state index contributed by atoms with van der Waals surface area (Å²) < 4.78 is 5.18. The molecule has 0 aliphatic carbocycles. The van der Waals surface area contributed by atoms with Gasteiger partial charge in [-0.25, -0.2) is 9.78 Å². The molecule has 0 bridgehead atoms. The predicted molar refractivity (Wildman–Crippen MR) is 92.7 cm³/mol. The van der Waals surface area contributed by atoms with Crippen LogP contribution in [-0.2, 0) is 11.3 Å². The molecular weight excluding hydrogens is 351 g/mol. The summed E-state index contributed by atoms with van der Waals surface area (Å²) in [6.45, 7) is 1.66. The van der Waals surface area contributed by atoms with Crippen molar-refractivity contribution in [3.63, 3.8) is 0 Å². The second-order valence-corrected chi connectivity index (χ2v) is 5.97. The standard InChI is InChI=1S/C17H12Cl2N2O3/c1-9-4-2-5-10-15(9)20-13(21-16(10)22)8-24-17(23)14-11(18)6-3-7-12(14)19/h2-7H,8H2,1H3,(H,20,21,22). The van der Waals surface area contributed by atoms with E-state index in [1.807, 2.05) is 13.0 Å². The molecule has 0 amide bonds. The molecule has 3 rings (SSSR count). The first-order valence-corrected chi connectivity index (χ1v) is 7.82. The van der Waals surface area contributed by atoms with Crippen LogP contribution in [0.2, 0.25) is 10.0 Å². The number of aromatic amines is 1. The minimum absolute atomic E-state index is 0.0835. The SMILES string of the molecule is Cc1cccc2c(=O)[nH]c(COC(=O)c3c(Cl)cccc3Cl)nc12. The van der Waals surface area contributed by atoms with E-state index in [1.165, 1.54) is 0 Å². The average Bonchev–Trinajstić information content (AvgIpc) is 2.54. The molecule has 122 valence electrons. The van der Waals surface area contributed by atoms with Crippen molar-refractivity contribution in [1.29, 1.82) is 0 Å². The zero-order valence-corrected chi connectivity index (χ0v) is 14.1. The summed E-state index contributed by atoms with van der Waals surface area (Å²) in [5, 5.41) is 0.880. The maximum absolute atomic E-state index is 12.2. The minimum atomic E-state index is -0.682. The van der Waals surface area contributed by atoms with Gasteiger partial charge in [-0.2, -0.15) is 0 Å². The molecule has 1 aromatic heterocycles. The van der Waals surface area contributed by atoms with E-state index in [9.17, 15) is 9.59 Å². The molecule has 0 spiro atoms. The molecule has 0 saturated carbocycles. The van der Waals surface area contributed by atoms with E-state index >= 15 is 0 Å². The van der Waals surface area contributed by atoms with Crippen molar-refractivity contribution < 1.29 is 9.53 Å². The number of carbonyl (C=O) groups is 1.